The summed E-state index contributed by atoms with van der Waals surface area (Å²) in [5.74, 6) is 2.31. The highest BCUT2D eigenvalue weighted by Crippen LogP contribution is 2.32. The maximum Gasteiger partial charge on any atom is 0.256 e. The Labute approximate surface area is 111 Å². The Kier molecular flexibility index (Phi) is 3.46. The summed E-state index contributed by atoms with van der Waals surface area (Å²) < 4.78 is 16.4. The van der Waals surface area contributed by atoms with Crippen LogP contribution in [-0.2, 0) is 11.3 Å². The summed E-state index contributed by atoms with van der Waals surface area (Å²) in [6, 6.07) is 9.57. The second-order valence-electron chi connectivity index (χ2n) is 4.71. The van der Waals surface area contributed by atoms with Crippen molar-refractivity contribution in [3.05, 3.63) is 42.0 Å². The van der Waals surface area contributed by atoms with Gasteiger partial charge < -0.3 is 14.0 Å². The molecule has 2 atom stereocenters. The Balaban J connectivity index is 1.62. The Hall–Kier alpha value is -1.88. The zero-order valence-electron chi connectivity index (χ0n) is 10.8. The topological polar surface area (TPSA) is 57.4 Å². The number of para-hydroxylation sites is 1. The second-order valence-corrected chi connectivity index (χ2v) is 4.71. The van der Waals surface area contributed by atoms with E-state index in [1.807, 2.05) is 30.3 Å². The Morgan fingerprint density at radius 2 is 2.16 bits per heavy atom. The quantitative estimate of drug-likeness (QED) is 0.846. The van der Waals surface area contributed by atoms with Gasteiger partial charge in [0.15, 0.2) is 6.61 Å². The molecule has 2 aromatic rings. The molecule has 1 aromatic heterocycles. The van der Waals surface area contributed by atoms with Crippen LogP contribution in [0, 0.1) is 5.92 Å². The lowest BCUT2D eigenvalue weighted by molar-refractivity contribution is 0.0661. The third-order valence-corrected chi connectivity index (χ3v) is 3.23. The number of benzene rings is 1. The van der Waals surface area contributed by atoms with Crippen molar-refractivity contribution in [1.82, 2.24) is 10.1 Å². The van der Waals surface area contributed by atoms with Crippen LogP contribution in [0.5, 0.6) is 5.75 Å². The second kappa shape index (κ2) is 5.40. The predicted molar refractivity (Wildman–Crippen MR) is 67.5 cm³/mol. The summed E-state index contributed by atoms with van der Waals surface area (Å²) >= 11 is 0. The van der Waals surface area contributed by atoms with E-state index >= 15 is 0 Å². The van der Waals surface area contributed by atoms with Crippen LogP contribution in [-0.4, -0.2) is 16.7 Å². The van der Waals surface area contributed by atoms with Crippen LogP contribution in [0.3, 0.4) is 0 Å². The van der Waals surface area contributed by atoms with Gasteiger partial charge in [-0.15, -0.1) is 0 Å². The van der Waals surface area contributed by atoms with Crippen LogP contribution in [0.1, 0.15) is 31.2 Å². The summed E-state index contributed by atoms with van der Waals surface area (Å²) in [7, 11) is 0. The molecule has 1 aliphatic rings. The number of hydrogen-bond acceptors (Lipinski definition) is 5. The van der Waals surface area contributed by atoms with Gasteiger partial charge in [-0.3, -0.25) is 0 Å². The summed E-state index contributed by atoms with van der Waals surface area (Å²) in [6.45, 7) is 3.18. The van der Waals surface area contributed by atoms with Gasteiger partial charge in [0, 0.05) is 6.61 Å². The maximum atomic E-state index is 5.59. The lowest BCUT2D eigenvalue weighted by Gasteiger charge is -2.07. The van der Waals surface area contributed by atoms with Gasteiger partial charge in [-0.1, -0.05) is 30.3 Å². The smallest absolute Gasteiger partial charge is 0.256 e. The van der Waals surface area contributed by atoms with Gasteiger partial charge in [-0.05, 0) is 24.5 Å². The van der Waals surface area contributed by atoms with E-state index in [2.05, 4.69) is 17.1 Å². The fraction of sp³-hybridized carbons (Fsp3) is 0.429. The normalized spacial score (nSPS) is 22.6. The maximum absolute atomic E-state index is 5.59. The van der Waals surface area contributed by atoms with Crippen LogP contribution < -0.4 is 4.74 Å². The van der Waals surface area contributed by atoms with Crippen molar-refractivity contribution < 1.29 is 14.0 Å². The molecule has 5 nitrogen and oxygen atoms in total. The molecule has 0 amide bonds. The van der Waals surface area contributed by atoms with Crippen molar-refractivity contribution in [3.8, 4) is 5.75 Å². The first-order valence-corrected chi connectivity index (χ1v) is 6.45. The summed E-state index contributed by atoms with van der Waals surface area (Å²) in [5, 5.41) is 3.92. The number of ether oxygens (including phenoxy) is 2. The third-order valence-electron chi connectivity index (χ3n) is 3.23. The number of hydrogen-bond donors (Lipinski definition) is 0. The molecule has 0 bridgehead atoms. The highest BCUT2D eigenvalue weighted by molar-refractivity contribution is 5.20. The van der Waals surface area contributed by atoms with Crippen molar-refractivity contribution in [3.63, 3.8) is 0 Å². The molecule has 100 valence electrons. The van der Waals surface area contributed by atoms with E-state index in [9.17, 15) is 0 Å². The molecule has 1 aliphatic heterocycles. The Bertz CT molecular complexity index is 526. The molecule has 0 aliphatic carbocycles. The molecule has 5 heteroatoms. The molecule has 0 spiro atoms. The largest absolute Gasteiger partial charge is 0.485 e. The molecule has 19 heavy (non-hydrogen) atoms. The minimum absolute atomic E-state index is 0.0713. The average molecular weight is 260 g/mol. The van der Waals surface area contributed by atoms with Gasteiger partial charge in [0.25, 0.3) is 5.89 Å². The molecule has 0 radical (unpaired) electrons. The fourth-order valence-electron chi connectivity index (χ4n) is 2.12. The van der Waals surface area contributed by atoms with Gasteiger partial charge >= 0.3 is 0 Å². The molecule has 1 fully saturated rings. The summed E-state index contributed by atoms with van der Waals surface area (Å²) in [4.78, 5) is 4.33. The molecular weight excluding hydrogens is 244 g/mol. The highest BCUT2D eigenvalue weighted by Gasteiger charge is 2.30. The molecule has 3 rings (SSSR count). The van der Waals surface area contributed by atoms with Crippen molar-refractivity contribution in [2.45, 2.75) is 26.1 Å². The van der Waals surface area contributed by atoms with E-state index in [-0.39, 0.29) is 6.10 Å². The molecule has 0 N–H and O–H groups in total. The lowest BCUT2D eigenvalue weighted by atomic mass is 10.0. The van der Waals surface area contributed by atoms with Gasteiger partial charge in [0.05, 0.1) is 0 Å². The van der Waals surface area contributed by atoms with Crippen LogP contribution in [0.2, 0.25) is 0 Å². The van der Waals surface area contributed by atoms with Crippen LogP contribution in [0.4, 0.5) is 0 Å². The van der Waals surface area contributed by atoms with Gasteiger partial charge in [0.2, 0.25) is 5.82 Å². The first-order chi connectivity index (χ1) is 9.33. The van der Waals surface area contributed by atoms with E-state index in [1.54, 1.807) is 0 Å². The standard InChI is InChI=1S/C14H16N2O3/c1-10-7-8-17-13(10)14-15-12(16-19-14)9-18-11-5-3-2-4-6-11/h2-6,10,13H,7-9H2,1H3/t10-,13-/m1/s1. The van der Waals surface area contributed by atoms with Crippen LogP contribution >= 0.6 is 0 Å². The van der Waals surface area contributed by atoms with Crippen LogP contribution in [0.15, 0.2) is 34.9 Å². The number of rotatable bonds is 4. The minimum atomic E-state index is -0.0713. The first kappa shape index (κ1) is 12.2. The zero-order chi connectivity index (χ0) is 13.1. The van der Waals surface area contributed by atoms with Crippen molar-refractivity contribution in [2.75, 3.05) is 6.61 Å². The minimum Gasteiger partial charge on any atom is -0.485 e. The molecular formula is C14H16N2O3. The molecule has 1 saturated heterocycles. The van der Waals surface area contributed by atoms with E-state index in [4.69, 9.17) is 14.0 Å². The van der Waals surface area contributed by atoms with Crippen LogP contribution in [0.25, 0.3) is 0 Å². The molecule has 0 saturated carbocycles. The molecule has 2 heterocycles. The summed E-state index contributed by atoms with van der Waals surface area (Å²) in [6.07, 6.45) is 0.959. The average Bonchev–Trinajstić information content (AvgIpc) is 3.06. The fourth-order valence-corrected chi connectivity index (χ4v) is 2.12. The highest BCUT2D eigenvalue weighted by atomic mass is 16.5. The number of nitrogens with zero attached hydrogens (tertiary/aromatic N) is 2. The van der Waals surface area contributed by atoms with Crippen molar-refractivity contribution in [1.29, 1.82) is 0 Å². The SMILES string of the molecule is C[C@@H]1CCO[C@H]1c1nc(COc2ccccc2)no1. The monoisotopic (exact) mass is 260 g/mol. The summed E-state index contributed by atoms with van der Waals surface area (Å²) in [5.41, 5.74) is 0. The molecule has 0 unspecified atom stereocenters. The zero-order valence-corrected chi connectivity index (χ0v) is 10.8. The van der Waals surface area contributed by atoms with E-state index in [0.717, 1.165) is 18.8 Å². The molecule has 1 aromatic carbocycles. The van der Waals surface area contributed by atoms with E-state index < -0.39 is 0 Å². The first-order valence-electron chi connectivity index (χ1n) is 6.45. The van der Waals surface area contributed by atoms with E-state index in [0.29, 0.717) is 24.2 Å². The van der Waals surface area contributed by atoms with Gasteiger partial charge in [-0.2, -0.15) is 4.98 Å². The Morgan fingerprint density at radius 3 is 2.89 bits per heavy atom. The van der Waals surface area contributed by atoms with Gasteiger partial charge in [-0.25, -0.2) is 0 Å². The Morgan fingerprint density at radius 1 is 1.32 bits per heavy atom. The lowest BCUT2D eigenvalue weighted by Crippen LogP contribution is -2.04. The van der Waals surface area contributed by atoms with Crippen molar-refractivity contribution >= 4 is 0 Å². The van der Waals surface area contributed by atoms with Gasteiger partial charge in [0.1, 0.15) is 11.9 Å². The van der Waals surface area contributed by atoms with Crippen molar-refractivity contribution in [2.24, 2.45) is 5.92 Å². The number of aromatic nitrogens is 2. The van der Waals surface area contributed by atoms with E-state index in [1.165, 1.54) is 0 Å². The predicted octanol–water partition coefficient (Wildman–Crippen LogP) is 2.75. The third kappa shape index (κ3) is 2.76.